The van der Waals surface area contributed by atoms with E-state index >= 15 is 0 Å². The van der Waals surface area contributed by atoms with Crippen LogP contribution in [0.2, 0.25) is 0 Å². The first-order valence-electron chi connectivity index (χ1n) is 5.86. The van der Waals surface area contributed by atoms with Gasteiger partial charge < -0.3 is 15.3 Å². The van der Waals surface area contributed by atoms with E-state index in [1.54, 1.807) is 0 Å². The standard InChI is InChI=1S/C11H24N2O/c1-13(11-5-2-6-11)9-3-7-12-8-4-10-14/h11-12,14H,2-10H2,1H3. The van der Waals surface area contributed by atoms with Gasteiger partial charge >= 0.3 is 0 Å². The summed E-state index contributed by atoms with van der Waals surface area (Å²) < 4.78 is 0. The molecule has 0 unspecified atom stereocenters. The van der Waals surface area contributed by atoms with Crippen LogP contribution < -0.4 is 5.32 Å². The summed E-state index contributed by atoms with van der Waals surface area (Å²) in [6.07, 6.45) is 6.31. The second-order valence-corrected chi connectivity index (χ2v) is 4.25. The quantitative estimate of drug-likeness (QED) is 0.570. The Morgan fingerprint density at radius 3 is 2.57 bits per heavy atom. The minimum atomic E-state index is 0.301. The SMILES string of the molecule is CN(CCCNCCCO)C1CCC1. The van der Waals surface area contributed by atoms with Crippen molar-refractivity contribution in [1.29, 1.82) is 0 Å². The van der Waals surface area contributed by atoms with Crippen molar-refractivity contribution in [1.82, 2.24) is 10.2 Å². The van der Waals surface area contributed by atoms with E-state index in [4.69, 9.17) is 5.11 Å². The summed E-state index contributed by atoms with van der Waals surface area (Å²) in [6.45, 7) is 3.53. The minimum absolute atomic E-state index is 0.301. The van der Waals surface area contributed by atoms with Crippen LogP contribution in [0.15, 0.2) is 0 Å². The third-order valence-corrected chi connectivity index (χ3v) is 3.07. The van der Waals surface area contributed by atoms with E-state index in [2.05, 4.69) is 17.3 Å². The summed E-state index contributed by atoms with van der Waals surface area (Å²) in [6, 6.07) is 0.868. The fourth-order valence-electron chi connectivity index (χ4n) is 1.79. The van der Waals surface area contributed by atoms with Crippen LogP contribution in [-0.2, 0) is 0 Å². The van der Waals surface area contributed by atoms with Crippen LogP contribution >= 0.6 is 0 Å². The highest BCUT2D eigenvalue weighted by atomic mass is 16.3. The third-order valence-electron chi connectivity index (χ3n) is 3.07. The van der Waals surface area contributed by atoms with Crippen molar-refractivity contribution in [2.24, 2.45) is 0 Å². The largest absolute Gasteiger partial charge is 0.396 e. The van der Waals surface area contributed by atoms with Crippen LogP contribution in [0.4, 0.5) is 0 Å². The van der Waals surface area contributed by atoms with Gasteiger partial charge in [0.05, 0.1) is 0 Å². The molecule has 0 heterocycles. The molecule has 0 bridgehead atoms. The highest BCUT2D eigenvalue weighted by molar-refractivity contribution is 4.77. The first kappa shape index (κ1) is 12.0. The molecule has 0 radical (unpaired) electrons. The van der Waals surface area contributed by atoms with E-state index in [9.17, 15) is 0 Å². The van der Waals surface area contributed by atoms with Gasteiger partial charge in [-0.25, -0.2) is 0 Å². The average Bonchev–Trinajstić information content (AvgIpc) is 2.08. The second kappa shape index (κ2) is 7.21. The van der Waals surface area contributed by atoms with Gasteiger partial charge in [-0.2, -0.15) is 0 Å². The molecular weight excluding hydrogens is 176 g/mol. The molecule has 84 valence electrons. The van der Waals surface area contributed by atoms with Gasteiger partial charge in [-0.3, -0.25) is 0 Å². The summed E-state index contributed by atoms with van der Waals surface area (Å²) in [5.74, 6) is 0. The zero-order valence-corrected chi connectivity index (χ0v) is 9.34. The van der Waals surface area contributed by atoms with Crippen LogP contribution in [0.1, 0.15) is 32.1 Å². The van der Waals surface area contributed by atoms with E-state index in [1.807, 2.05) is 0 Å². The molecule has 1 rings (SSSR count). The van der Waals surface area contributed by atoms with Gasteiger partial charge in [0.1, 0.15) is 0 Å². The van der Waals surface area contributed by atoms with Crippen LogP contribution in [0.25, 0.3) is 0 Å². The van der Waals surface area contributed by atoms with Crippen LogP contribution in [0.3, 0.4) is 0 Å². The minimum Gasteiger partial charge on any atom is -0.396 e. The summed E-state index contributed by atoms with van der Waals surface area (Å²) in [5, 5.41) is 11.9. The zero-order chi connectivity index (χ0) is 10.2. The van der Waals surface area contributed by atoms with Crippen molar-refractivity contribution in [2.45, 2.75) is 38.1 Å². The molecule has 0 aliphatic heterocycles. The third kappa shape index (κ3) is 4.40. The Kier molecular flexibility index (Phi) is 6.15. The Hall–Kier alpha value is -0.120. The fraction of sp³-hybridized carbons (Fsp3) is 1.00. The lowest BCUT2D eigenvalue weighted by Crippen LogP contribution is -2.38. The normalized spacial score (nSPS) is 17.4. The Morgan fingerprint density at radius 1 is 1.29 bits per heavy atom. The molecule has 14 heavy (non-hydrogen) atoms. The van der Waals surface area contributed by atoms with Crippen molar-refractivity contribution in [3.8, 4) is 0 Å². The number of hydrogen-bond acceptors (Lipinski definition) is 3. The predicted molar refractivity (Wildman–Crippen MR) is 59.5 cm³/mol. The molecule has 1 fully saturated rings. The molecule has 2 N–H and O–H groups in total. The van der Waals surface area contributed by atoms with Crippen molar-refractivity contribution in [3.63, 3.8) is 0 Å². The molecule has 1 saturated carbocycles. The summed E-state index contributed by atoms with van der Waals surface area (Å²) in [7, 11) is 2.23. The molecule has 0 aromatic heterocycles. The number of hydrogen-bond donors (Lipinski definition) is 2. The van der Waals surface area contributed by atoms with Crippen molar-refractivity contribution < 1.29 is 5.11 Å². The van der Waals surface area contributed by atoms with E-state index in [0.29, 0.717) is 6.61 Å². The Bertz CT molecular complexity index is 137. The van der Waals surface area contributed by atoms with Gasteiger partial charge in [0.2, 0.25) is 0 Å². The Morgan fingerprint density at radius 2 is 2.00 bits per heavy atom. The van der Waals surface area contributed by atoms with Crippen molar-refractivity contribution in [2.75, 3.05) is 33.3 Å². The van der Waals surface area contributed by atoms with Crippen molar-refractivity contribution >= 4 is 0 Å². The van der Waals surface area contributed by atoms with Gasteiger partial charge in [0, 0.05) is 12.6 Å². The van der Waals surface area contributed by atoms with Gasteiger partial charge in [-0.15, -0.1) is 0 Å². The fourth-order valence-corrected chi connectivity index (χ4v) is 1.79. The molecule has 0 amide bonds. The van der Waals surface area contributed by atoms with Gasteiger partial charge in [0.15, 0.2) is 0 Å². The highest BCUT2D eigenvalue weighted by Crippen LogP contribution is 2.23. The van der Waals surface area contributed by atoms with Gasteiger partial charge in [-0.05, 0) is 52.4 Å². The number of rotatable bonds is 8. The lowest BCUT2D eigenvalue weighted by atomic mass is 9.92. The summed E-state index contributed by atoms with van der Waals surface area (Å²) >= 11 is 0. The van der Waals surface area contributed by atoms with E-state index in [-0.39, 0.29) is 0 Å². The van der Waals surface area contributed by atoms with E-state index in [1.165, 1.54) is 32.2 Å². The molecule has 0 aromatic rings. The Labute approximate surface area is 87.5 Å². The molecule has 0 atom stereocenters. The maximum absolute atomic E-state index is 8.58. The molecule has 3 heteroatoms. The topological polar surface area (TPSA) is 35.5 Å². The lowest BCUT2D eigenvalue weighted by Gasteiger charge is -2.34. The number of nitrogens with zero attached hydrogens (tertiary/aromatic N) is 1. The lowest BCUT2D eigenvalue weighted by molar-refractivity contribution is 0.158. The van der Waals surface area contributed by atoms with E-state index < -0.39 is 0 Å². The highest BCUT2D eigenvalue weighted by Gasteiger charge is 2.20. The second-order valence-electron chi connectivity index (χ2n) is 4.25. The molecule has 0 aromatic carbocycles. The maximum atomic E-state index is 8.58. The summed E-state index contributed by atoms with van der Waals surface area (Å²) in [5.41, 5.74) is 0. The van der Waals surface area contributed by atoms with Crippen LogP contribution in [-0.4, -0.2) is 49.3 Å². The molecule has 1 aliphatic rings. The van der Waals surface area contributed by atoms with Gasteiger partial charge in [-0.1, -0.05) is 6.42 Å². The van der Waals surface area contributed by atoms with Gasteiger partial charge in [0.25, 0.3) is 0 Å². The first-order chi connectivity index (χ1) is 6.84. The zero-order valence-electron chi connectivity index (χ0n) is 9.34. The average molecular weight is 200 g/mol. The monoisotopic (exact) mass is 200 g/mol. The first-order valence-corrected chi connectivity index (χ1v) is 5.86. The maximum Gasteiger partial charge on any atom is 0.0443 e. The molecule has 0 spiro atoms. The van der Waals surface area contributed by atoms with E-state index in [0.717, 1.165) is 25.6 Å². The molecule has 0 saturated heterocycles. The molecule has 1 aliphatic carbocycles. The molecular formula is C11H24N2O. The molecule has 3 nitrogen and oxygen atoms in total. The number of aliphatic hydroxyl groups excluding tert-OH is 1. The smallest absolute Gasteiger partial charge is 0.0443 e. The van der Waals surface area contributed by atoms with Crippen molar-refractivity contribution in [3.05, 3.63) is 0 Å². The van der Waals surface area contributed by atoms with Crippen LogP contribution in [0.5, 0.6) is 0 Å². The summed E-state index contributed by atoms with van der Waals surface area (Å²) in [4.78, 5) is 2.48. The number of nitrogens with one attached hydrogen (secondary N) is 1. The predicted octanol–water partition coefficient (Wildman–Crippen LogP) is 0.833. The Balaban J connectivity index is 1.82. The number of aliphatic hydroxyl groups is 1. The van der Waals surface area contributed by atoms with Crippen LogP contribution in [0, 0.1) is 0 Å².